The highest BCUT2D eigenvalue weighted by molar-refractivity contribution is 7.33. The number of esters is 1. The Morgan fingerprint density at radius 1 is 1.10 bits per heavy atom. The van der Waals surface area contributed by atoms with Gasteiger partial charge in [-0.05, 0) is 19.8 Å². The van der Waals surface area contributed by atoms with Gasteiger partial charge in [0.15, 0.2) is 6.61 Å². The van der Waals surface area contributed by atoms with Gasteiger partial charge in [-0.2, -0.15) is 0 Å². The summed E-state index contributed by atoms with van der Waals surface area (Å²) in [7, 11) is 4.05. The van der Waals surface area contributed by atoms with Crippen LogP contribution in [0.25, 0.3) is 0 Å². The molecule has 0 saturated carbocycles. The van der Waals surface area contributed by atoms with E-state index in [2.05, 4.69) is 0 Å². The van der Waals surface area contributed by atoms with Gasteiger partial charge in [-0.15, -0.1) is 9.05 Å². The van der Waals surface area contributed by atoms with Crippen molar-refractivity contribution in [2.45, 2.75) is 19.8 Å². The topological polar surface area (TPSA) is 61.8 Å². The van der Waals surface area contributed by atoms with Crippen LogP contribution in [0, 0.1) is 0 Å². The predicted molar refractivity (Wildman–Crippen MR) is 77.4 cm³/mol. The van der Waals surface area contributed by atoms with Gasteiger partial charge in [0.1, 0.15) is 13.2 Å². The van der Waals surface area contributed by atoms with Crippen LogP contribution in [0.2, 0.25) is 0 Å². The summed E-state index contributed by atoms with van der Waals surface area (Å²) >= 11 is 0. The molecule has 0 aromatic carbocycles. The molecular formula is C13H26NO5P+2. The van der Waals surface area contributed by atoms with Gasteiger partial charge in [0.2, 0.25) is 0 Å². The van der Waals surface area contributed by atoms with Crippen molar-refractivity contribution in [3.63, 3.8) is 0 Å². The van der Waals surface area contributed by atoms with Gasteiger partial charge < -0.3 is 9.22 Å². The first-order valence-corrected chi connectivity index (χ1v) is 7.77. The third-order valence-corrected chi connectivity index (χ3v) is 3.03. The zero-order chi connectivity index (χ0) is 15.4. The largest absolute Gasteiger partial charge is 0.697 e. The lowest BCUT2D eigenvalue weighted by molar-refractivity contribution is -0.870. The lowest BCUT2D eigenvalue weighted by atomic mass is 10.3. The molecule has 7 heteroatoms. The summed E-state index contributed by atoms with van der Waals surface area (Å²) in [6.07, 6.45) is 4.34. The maximum absolute atomic E-state index is 11.4. The molecule has 0 amide bonds. The fourth-order valence-corrected chi connectivity index (χ4v) is 1.71. The van der Waals surface area contributed by atoms with Crippen LogP contribution in [-0.4, -0.2) is 58.0 Å². The van der Waals surface area contributed by atoms with Gasteiger partial charge in [-0.25, -0.2) is 4.79 Å². The van der Waals surface area contributed by atoms with E-state index in [0.29, 0.717) is 32.7 Å². The molecule has 0 saturated heterocycles. The molecule has 1 unspecified atom stereocenters. The quantitative estimate of drug-likeness (QED) is 0.193. The molecule has 20 heavy (non-hydrogen) atoms. The van der Waals surface area contributed by atoms with E-state index in [1.54, 1.807) is 13.0 Å². The molecule has 0 spiro atoms. The van der Waals surface area contributed by atoms with E-state index in [1.165, 1.54) is 6.08 Å². The Balaban J connectivity index is 3.42. The minimum Gasteiger partial charge on any atom is -0.463 e. The van der Waals surface area contributed by atoms with Crippen molar-refractivity contribution in [2.24, 2.45) is 0 Å². The second-order valence-electron chi connectivity index (χ2n) is 5.28. The van der Waals surface area contributed by atoms with Gasteiger partial charge >= 0.3 is 14.2 Å². The highest BCUT2D eigenvalue weighted by Gasteiger charge is 2.21. The van der Waals surface area contributed by atoms with E-state index >= 15 is 0 Å². The minimum atomic E-state index is -2.05. The summed E-state index contributed by atoms with van der Waals surface area (Å²) in [4.78, 5) is 11.0. The fourth-order valence-electron chi connectivity index (χ4n) is 1.13. The lowest BCUT2D eigenvalue weighted by Crippen LogP contribution is -2.37. The van der Waals surface area contributed by atoms with Crippen molar-refractivity contribution in [1.82, 2.24) is 0 Å². The van der Waals surface area contributed by atoms with Crippen LogP contribution in [0.5, 0.6) is 0 Å². The third kappa shape index (κ3) is 13.6. The van der Waals surface area contributed by atoms with Crippen LogP contribution in [0.1, 0.15) is 19.8 Å². The number of hydrogen-bond acceptors (Lipinski definition) is 5. The Morgan fingerprint density at radius 3 is 2.30 bits per heavy atom. The summed E-state index contributed by atoms with van der Waals surface area (Å²) in [6.45, 7) is 3.60. The molecular weight excluding hydrogens is 281 g/mol. The molecule has 0 aliphatic heterocycles. The molecule has 0 fully saturated rings. The van der Waals surface area contributed by atoms with Gasteiger partial charge in [0.25, 0.3) is 0 Å². The van der Waals surface area contributed by atoms with Crippen molar-refractivity contribution in [2.75, 3.05) is 47.5 Å². The highest BCUT2D eigenvalue weighted by atomic mass is 31.1. The van der Waals surface area contributed by atoms with Crippen molar-refractivity contribution in [3.8, 4) is 0 Å². The van der Waals surface area contributed by atoms with Crippen LogP contribution < -0.4 is 0 Å². The first-order chi connectivity index (χ1) is 9.35. The summed E-state index contributed by atoms with van der Waals surface area (Å²) in [5.74, 6) is -0.344. The molecule has 0 heterocycles. The smallest absolute Gasteiger partial charge is 0.463 e. The molecule has 0 bridgehead atoms. The highest BCUT2D eigenvalue weighted by Crippen LogP contribution is 2.23. The molecule has 0 N–H and O–H groups in total. The predicted octanol–water partition coefficient (Wildman–Crippen LogP) is 2.28. The average Bonchev–Trinajstić information content (AvgIpc) is 2.32. The van der Waals surface area contributed by atoms with Crippen molar-refractivity contribution >= 4 is 14.2 Å². The van der Waals surface area contributed by atoms with Crippen molar-refractivity contribution in [3.05, 3.63) is 12.2 Å². The van der Waals surface area contributed by atoms with Gasteiger partial charge in [-0.3, -0.25) is 0 Å². The molecule has 0 radical (unpaired) electrons. The normalized spacial score (nSPS) is 12.7. The molecule has 0 aliphatic carbocycles. The second kappa shape index (κ2) is 10.9. The first-order valence-electron chi connectivity index (χ1n) is 6.68. The Hall–Kier alpha value is -0.810. The zero-order valence-corrected chi connectivity index (χ0v) is 13.7. The first kappa shape index (κ1) is 19.2. The summed E-state index contributed by atoms with van der Waals surface area (Å²) in [5.41, 5.74) is 0. The standard InChI is InChI=1S/C13H26NO5P/c1-5-8-13(15)17-10-6-7-11-18-20(16)19-12-9-14(2,3)4/h5,8H,6-7,9-12H2,1-4H3/q+2. The van der Waals surface area contributed by atoms with E-state index in [-0.39, 0.29) is 5.97 Å². The zero-order valence-electron chi connectivity index (χ0n) is 12.8. The van der Waals surface area contributed by atoms with Gasteiger partial charge in [-0.1, -0.05) is 6.08 Å². The molecule has 6 nitrogen and oxygen atoms in total. The minimum absolute atomic E-state index is 0.334. The van der Waals surface area contributed by atoms with E-state index in [0.717, 1.165) is 11.0 Å². The van der Waals surface area contributed by atoms with Gasteiger partial charge in [0.05, 0.1) is 27.7 Å². The van der Waals surface area contributed by atoms with Crippen LogP contribution in [0.15, 0.2) is 12.2 Å². The van der Waals surface area contributed by atoms with Gasteiger partial charge in [0, 0.05) is 10.6 Å². The van der Waals surface area contributed by atoms with Crippen LogP contribution in [0.3, 0.4) is 0 Å². The number of unbranched alkanes of at least 4 members (excludes halogenated alkanes) is 1. The Labute approximate surface area is 122 Å². The molecule has 1 atom stereocenters. The number of carbonyl (C=O) groups is 1. The van der Waals surface area contributed by atoms with E-state index < -0.39 is 8.25 Å². The SMILES string of the molecule is CC=CC(=O)OCCCCO[P+](=O)OCC[N+](C)(C)C. The van der Waals surface area contributed by atoms with E-state index in [9.17, 15) is 9.36 Å². The number of likely N-dealkylation sites (N-methyl/N-ethyl adjacent to an activating group) is 1. The Kier molecular flexibility index (Phi) is 10.5. The lowest BCUT2D eigenvalue weighted by Gasteiger charge is -2.21. The van der Waals surface area contributed by atoms with Crippen LogP contribution >= 0.6 is 8.25 Å². The Morgan fingerprint density at radius 2 is 1.70 bits per heavy atom. The molecule has 0 rings (SSSR count). The average molecular weight is 307 g/mol. The maximum Gasteiger partial charge on any atom is 0.697 e. The third-order valence-electron chi connectivity index (χ3n) is 2.24. The number of carbonyl (C=O) groups excluding carboxylic acids is 1. The van der Waals surface area contributed by atoms with Crippen molar-refractivity contribution in [1.29, 1.82) is 0 Å². The molecule has 116 valence electrons. The number of ether oxygens (including phenoxy) is 1. The number of quaternary nitrogens is 1. The Bertz CT molecular complexity index is 325. The van der Waals surface area contributed by atoms with Crippen LogP contribution in [-0.2, 0) is 23.1 Å². The monoisotopic (exact) mass is 307 g/mol. The number of allylic oxidation sites excluding steroid dienone is 1. The number of hydrogen-bond donors (Lipinski definition) is 0. The number of rotatable bonds is 11. The second-order valence-corrected chi connectivity index (χ2v) is 6.24. The molecule has 0 aromatic heterocycles. The number of nitrogens with zero attached hydrogens (tertiary/aromatic N) is 1. The van der Waals surface area contributed by atoms with Crippen molar-refractivity contribution < 1.29 is 27.6 Å². The van der Waals surface area contributed by atoms with E-state index in [1.807, 2.05) is 21.1 Å². The summed E-state index contributed by atoms with van der Waals surface area (Å²) in [5, 5.41) is 0. The summed E-state index contributed by atoms with van der Waals surface area (Å²) < 4.78 is 27.1. The van der Waals surface area contributed by atoms with Crippen LogP contribution in [0.4, 0.5) is 0 Å². The summed E-state index contributed by atoms with van der Waals surface area (Å²) in [6, 6.07) is 0. The van der Waals surface area contributed by atoms with E-state index in [4.69, 9.17) is 13.8 Å². The molecule has 0 aliphatic rings. The molecule has 0 aromatic rings. The fraction of sp³-hybridized carbons (Fsp3) is 0.769. The maximum atomic E-state index is 11.4.